The maximum atomic E-state index is 13.7. The summed E-state index contributed by atoms with van der Waals surface area (Å²) in [6, 6.07) is 18.0. The first-order chi connectivity index (χ1) is 16.8. The van der Waals surface area contributed by atoms with Crippen molar-refractivity contribution in [2.45, 2.75) is 11.8 Å². The summed E-state index contributed by atoms with van der Waals surface area (Å²) in [5.74, 6) is 0.689. The molecule has 0 saturated heterocycles. The molecule has 0 unspecified atom stereocenters. The molecule has 35 heavy (non-hydrogen) atoms. The lowest BCUT2D eigenvalue weighted by Gasteiger charge is -2.24. The van der Waals surface area contributed by atoms with Crippen LogP contribution in [0.3, 0.4) is 0 Å². The van der Waals surface area contributed by atoms with Crippen molar-refractivity contribution in [1.82, 2.24) is 0 Å². The third-order valence-corrected chi connectivity index (χ3v) is 6.81. The summed E-state index contributed by atoms with van der Waals surface area (Å²) < 4.78 is 44.4. The molecular weight excluding hydrogens is 468 g/mol. The molecule has 0 radical (unpaired) electrons. The van der Waals surface area contributed by atoms with Crippen LogP contribution in [-0.2, 0) is 14.8 Å². The minimum atomic E-state index is -4.13. The number of carbonyl (C=O) groups is 1. The van der Waals surface area contributed by atoms with Gasteiger partial charge in [0.25, 0.3) is 10.0 Å². The van der Waals surface area contributed by atoms with Crippen LogP contribution in [0.15, 0.2) is 84.3 Å². The number of hydrogen-bond donors (Lipinski definition) is 1. The van der Waals surface area contributed by atoms with E-state index in [0.29, 0.717) is 29.5 Å². The van der Waals surface area contributed by atoms with Crippen molar-refractivity contribution in [2.24, 2.45) is 0 Å². The third kappa shape index (κ3) is 6.33. The summed E-state index contributed by atoms with van der Waals surface area (Å²) in [5.41, 5.74) is 1.78. The largest absolute Gasteiger partial charge is 0.493 e. The number of carbonyl (C=O) groups excluding carboxylic acids is 1. The number of methoxy groups -OCH3 is 2. The van der Waals surface area contributed by atoms with E-state index in [4.69, 9.17) is 14.2 Å². The van der Waals surface area contributed by atoms with E-state index in [1.165, 1.54) is 32.4 Å². The molecule has 3 aromatic carbocycles. The quantitative estimate of drug-likeness (QED) is 0.395. The zero-order valence-electron chi connectivity index (χ0n) is 19.9. The molecule has 0 aliphatic rings. The summed E-state index contributed by atoms with van der Waals surface area (Å²) in [5, 5.41) is 2.74. The van der Waals surface area contributed by atoms with E-state index in [9.17, 15) is 13.2 Å². The van der Waals surface area contributed by atoms with Crippen molar-refractivity contribution in [3.8, 4) is 17.2 Å². The Labute approximate surface area is 205 Å². The van der Waals surface area contributed by atoms with E-state index in [-0.39, 0.29) is 10.6 Å². The lowest BCUT2D eigenvalue weighted by Crippen LogP contribution is -2.38. The SMILES string of the molecule is C=CCOc1cccc(NC(=O)CN(c2ccc(C)cc2)S(=O)(=O)c2ccc(OC)c(OC)c2)c1. The fourth-order valence-electron chi connectivity index (χ4n) is 3.28. The van der Waals surface area contributed by atoms with Crippen molar-refractivity contribution in [2.75, 3.05) is 37.0 Å². The van der Waals surface area contributed by atoms with Gasteiger partial charge in [0.15, 0.2) is 11.5 Å². The Balaban J connectivity index is 1.93. The second kappa shape index (κ2) is 11.4. The maximum Gasteiger partial charge on any atom is 0.264 e. The molecule has 184 valence electrons. The number of ether oxygens (including phenoxy) is 3. The fraction of sp³-hybridized carbons (Fsp3) is 0.192. The normalized spacial score (nSPS) is 10.8. The van der Waals surface area contributed by atoms with Gasteiger partial charge in [0.1, 0.15) is 18.9 Å². The molecular formula is C26H28N2O6S. The number of hydrogen-bond acceptors (Lipinski definition) is 6. The minimum absolute atomic E-state index is 0.0386. The van der Waals surface area contributed by atoms with Crippen LogP contribution >= 0.6 is 0 Å². The van der Waals surface area contributed by atoms with Gasteiger partial charge >= 0.3 is 0 Å². The van der Waals surface area contributed by atoms with Crippen LogP contribution in [0.4, 0.5) is 11.4 Å². The summed E-state index contributed by atoms with van der Waals surface area (Å²) >= 11 is 0. The van der Waals surface area contributed by atoms with Crippen LogP contribution in [0, 0.1) is 6.92 Å². The minimum Gasteiger partial charge on any atom is -0.493 e. The molecule has 0 aromatic heterocycles. The summed E-state index contributed by atoms with van der Waals surface area (Å²) in [6.45, 7) is 5.38. The van der Waals surface area contributed by atoms with E-state index in [1.54, 1.807) is 54.6 Å². The molecule has 0 spiro atoms. The Morgan fingerprint density at radius 2 is 1.71 bits per heavy atom. The number of amides is 1. The average molecular weight is 497 g/mol. The lowest BCUT2D eigenvalue weighted by atomic mass is 10.2. The molecule has 3 aromatic rings. The van der Waals surface area contributed by atoms with Crippen LogP contribution < -0.4 is 23.8 Å². The van der Waals surface area contributed by atoms with Gasteiger partial charge in [-0.05, 0) is 43.3 Å². The zero-order valence-corrected chi connectivity index (χ0v) is 20.7. The van der Waals surface area contributed by atoms with Crippen molar-refractivity contribution in [1.29, 1.82) is 0 Å². The molecule has 1 amide bonds. The number of aryl methyl sites for hydroxylation is 1. The maximum absolute atomic E-state index is 13.7. The van der Waals surface area contributed by atoms with Gasteiger partial charge < -0.3 is 19.5 Å². The van der Waals surface area contributed by atoms with E-state index in [0.717, 1.165) is 9.87 Å². The molecule has 0 heterocycles. The van der Waals surface area contributed by atoms with Crippen molar-refractivity contribution in [3.05, 3.63) is 84.9 Å². The van der Waals surface area contributed by atoms with Crippen LogP contribution in [0.1, 0.15) is 5.56 Å². The van der Waals surface area contributed by atoms with Crippen molar-refractivity contribution in [3.63, 3.8) is 0 Å². The first-order valence-corrected chi connectivity index (χ1v) is 12.2. The first-order valence-electron chi connectivity index (χ1n) is 10.7. The molecule has 0 bridgehead atoms. The zero-order chi connectivity index (χ0) is 25.4. The molecule has 0 atom stereocenters. The highest BCUT2D eigenvalue weighted by Gasteiger charge is 2.28. The fourth-order valence-corrected chi connectivity index (χ4v) is 4.72. The van der Waals surface area contributed by atoms with E-state index < -0.39 is 22.5 Å². The van der Waals surface area contributed by atoms with Crippen LogP contribution in [-0.4, -0.2) is 41.7 Å². The van der Waals surface area contributed by atoms with Crippen LogP contribution in [0.25, 0.3) is 0 Å². The van der Waals surface area contributed by atoms with E-state index in [1.807, 2.05) is 6.92 Å². The summed E-state index contributed by atoms with van der Waals surface area (Å²) in [6.07, 6.45) is 1.61. The molecule has 9 heteroatoms. The van der Waals surface area contributed by atoms with Gasteiger partial charge in [-0.1, -0.05) is 36.4 Å². The highest BCUT2D eigenvalue weighted by Crippen LogP contribution is 2.32. The Morgan fingerprint density at radius 1 is 1.00 bits per heavy atom. The Morgan fingerprint density at radius 3 is 2.37 bits per heavy atom. The monoisotopic (exact) mass is 496 g/mol. The molecule has 0 aliphatic heterocycles. The average Bonchev–Trinajstić information content (AvgIpc) is 2.86. The highest BCUT2D eigenvalue weighted by atomic mass is 32.2. The molecule has 8 nitrogen and oxygen atoms in total. The second-order valence-electron chi connectivity index (χ2n) is 7.54. The molecule has 3 rings (SSSR count). The molecule has 0 fully saturated rings. The molecule has 0 saturated carbocycles. The van der Waals surface area contributed by atoms with Gasteiger partial charge in [-0.25, -0.2) is 8.42 Å². The number of nitrogens with zero attached hydrogens (tertiary/aromatic N) is 1. The summed E-state index contributed by atoms with van der Waals surface area (Å²) in [7, 11) is -1.24. The van der Waals surface area contributed by atoms with Crippen LogP contribution in [0.5, 0.6) is 17.2 Å². The number of benzene rings is 3. The van der Waals surface area contributed by atoms with E-state index >= 15 is 0 Å². The lowest BCUT2D eigenvalue weighted by molar-refractivity contribution is -0.114. The second-order valence-corrected chi connectivity index (χ2v) is 9.40. The molecule has 0 aliphatic carbocycles. The van der Waals surface area contributed by atoms with Crippen molar-refractivity contribution < 1.29 is 27.4 Å². The smallest absolute Gasteiger partial charge is 0.264 e. The van der Waals surface area contributed by atoms with Gasteiger partial charge in [0.05, 0.1) is 24.8 Å². The highest BCUT2D eigenvalue weighted by molar-refractivity contribution is 7.92. The number of sulfonamides is 1. The van der Waals surface area contributed by atoms with Crippen molar-refractivity contribution >= 4 is 27.3 Å². The first kappa shape index (κ1) is 25.6. The molecule has 1 N–H and O–H groups in total. The van der Waals surface area contributed by atoms with Gasteiger partial charge in [-0.3, -0.25) is 9.10 Å². The predicted octanol–water partition coefficient (Wildman–Crippen LogP) is 4.41. The number of nitrogens with one attached hydrogen (secondary N) is 1. The topological polar surface area (TPSA) is 94.2 Å². The van der Waals surface area contributed by atoms with E-state index in [2.05, 4.69) is 11.9 Å². The Bertz CT molecular complexity index is 1290. The van der Waals surface area contributed by atoms with Gasteiger partial charge in [-0.2, -0.15) is 0 Å². The van der Waals surface area contributed by atoms with Crippen LogP contribution in [0.2, 0.25) is 0 Å². The number of rotatable bonds is 11. The van der Waals surface area contributed by atoms with Gasteiger partial charge in [0.2, 0.25) is 5.91 Å². The third-order valence-electron chi connectivity index (χ3n) is 5.04. The predicted molar refractivity (Wildman–Crippen MR) is 136 cm³/mol. The van der Waals surface area contributed by atoms with Gasteiger partial charge in [-0.15, -0.1) is 0 Å². The van der Waals surface area contributed by atoms with Gasteiger partial charge in [0, 0.05) is 17.8 Å². The Hall–Kier alpha value is -3.98. The standard InChI is InChI=1S/C26H28N2O6S/c1-5-15-34-22-8-6-7-20(16-22)27-26(29)18-28(21-11-9-19(2)10-12-21)35(30,31)23-13-14-24(32-3)25(17-23)33-4/h5-14,16-17H,1,15,18H2,2-4H3,(H,27,29). The summed E-state index contributed by atoms with van der Waals surface area (Å²) in [4.78, 5) is 12.9. The number of anilines is 2. The Kier molecular flexibility index (Phi) is 8.38.